The van der Waals surface area contributed by atoms with Crippen molar-refractivity contribution < 1.29 is 4.79 Å². The summed E-state index contributed by atoms with van der Waals surface area (Å²) in [5.41, 5.74) is 0.777. The predicted molar refractivity (Wildman–Crippen MR) is 81.8 cm³/mol. The van der Waals surface area contributed by atoms with E-state index in [4.69, 9.17) is 0 Å². The number of carbonyl (C=O) groups is 1. The van der Waals surface area contributed by atoms with E-state index in [2.05, 4.69) is 34.5 Å². The molecule has 1 aromatic rings. The molecule has 0 aliphatic carbocycles. The largest absolute Gasteiger partial charge is 0.323 e. The fraction of sp³-hybridized carbons (Fsp3) is 0.714. The summed E-state index contributed by atoms with van der Waals surface area (Å²) in [4.78, 5) is 14.0. The predicted octanol–water partition coefficient (Wildman–Crippen LogP) is 1.16. The van der Waals surface area contributed by atoms with Gasteiger partial charge in [0.25, 0.3) is 0 Å². The summed E-state index contributed by atoms with van der Waals surface area (Å²) in [6, 6.07) is 0. The Labute approximate surface area is 121 Å². The van der Waals surface area contributed by atoms with Crippen LogP contribution in [-0.2, 0) is 11.3 Å². The zero-order chi connectivity index (χ0) is 14.8. The lowest BCUT2D eigenvalue weighted by atomic mass is 10.3. The number of hydrogen-bond acceptors (Lipinski definition) is 4. The van der Waals surface area contributed by atoms with E-state index in [1.807, 2.05) is 17.9 Å². The molecule has 0 fully saturated rings. The fourth-order valence-electron chi connectivity index (χ4n) is 1.98. The van der Waals surface area contributed by atoms with Crippen molar-refractivity contribution in [1.82, 2.24) is 20.0 Å². The van der Waals surface area contributed by atoms with Gasteiger partial charge in [-0.15, -0.1) is 0 Å². The molecule has 0 radical (unpaired) electrons. The van der Waals surface area contributed by atoms with Crippen LogP contribution in [0.4, 0.5) is 5.69 Å². The monoisotopic (exact) mass is 281 g/mol. The summed E-state index contributed by atoms with van der Waals surface area (Å²) in [6.07, 6.45) is 4.97. The van der Waals surface area contributed by atoms with Crippen LogP contribution < -0.4 is 10.6 Å². The van der Waals surface area contributed by atoms with E-state index >= 15 is 0 Å². The molecule has 1 amide bonds. The second kappa shape index (κ2) is 9.50. The molecule has 1 aromatic heterocycles. The van der Waals surface area contributed by atoms with Gasteiger partial charge in [-0.3, -0.25) is 9.48 Å². The molecule has 0 aliphatic rings. The van der Waals surface area contributed by atoms with Gasteiger partial charge >= 0.3 is 0 Å². The standard InChI is InChI=1S/C14H27N5O/c1-4-18(5-2)9-10-19-12-13(11-16-19)17-14(20)7-6-8-15-3/h11-12,15H,4-10H2,1-3H3,(H,17,20). The van der Waals surface area contributed by atoms with Crippen molar-refractivity contribution in [2.75, 3.05) is 38.5 Å². The zero-order valence-electron chi connectivity index (χ0n) is 12.9. The molecule has 0 aromatic carbocycles. The van der Waals surface area contributed by atoms with E-state index < -0.39 is 0 Å². The first-order valence-corrected chi connectivity index (χ1v) is 7.38. The molecule has 20 heavy (non-hydrogen) atoms. The molecule has 0 bridgehead atoms. The Kier molecular flexibility index (Phi) is 7.91. The van der Waals surface area contributed by atoms with Crippen LogP contribution in [0.1, 0.15) is 26.7 Å². The third-order valence-corrected chi connectivity index (χ3v) is 3.29. The van der Waals surface area contributed by atoms with E-state index in [1.54, 1.807) is 6.20 Å². The van der Waals surface area contributed by atoms with Crippen molar-refractivity contribution in [2.24, 2.45) is 0 Å². The van der Waals surface area contributed by atoms with Gasteiger partial charge in [0, 0.05) is 19.2 Å². The Morgan fingerprint density at radius 1 is 1.40 bits per heavy atom. The van der Waals surface area contributed by atoms with Crippen LogP contribution >= 0.6 is 0 Å². The van der Waals surface area contributed by atoms with Crippen molar-refractivity contribution in [3.8, 4) is 0 Å². The summed E-state index contributed by atoms with van der Waals surface area (Å²) < 4.78 is 1.88. The molecule has 1 rings (SSSR count). The van der Waals surface area contributed by atoms with Gasteiger partial charge in [0.05, 0.1) is 18.4 Å². The molecule has 6 heteroatoms. The van der Waals surface area contributed by atoms with E-state index in [9.17, 15) is 4.79 Å². The maximum Gasteiger partial charge on any atom is 0.224 e. The van der Waals surface area contributed by atoms with Crippen molar-refractivity contribution in [2.45, 2.75) is 33.2 Å². The SMILES string of the molecule is CCN(CC)CCn1cc(NC(=O)CCCNC)cn1. The molecule has 0 atom stereocenters. The quantitative estimate of drug-likeness (QED) is 0.632. The minimum atomic E-state index is 0.0449. The molecular formula is C14H27N5O. The second-order valence-electron chi connectivity index (χ2n) is 4.77. The summed E-state index contributed by atoms with van der Waals surface area (Å²) in [6.45, 7) is 9.09. The normalized spacial score (nSPS) is 11.0. The third-order valence-electron chi connectivity index (χ3n) is 3.29. The Morgan fingerprint density at radius 2 is 2.15 bits per heavy atom. The molecule has 6 nitrogen and oxygen atoms in total. The van der Waals surface area contributed by atoms with E-state index in [0.29, 0.717) is 6.42 Å². The molecular weight excluding hydrogens is 254 g/mol. The Bertz CT molecular complexity index is 387. The van der Waals surface area contributed by atoms with Crippen LogP contribution in [0.3, 0.4) is 0 Å². The number of likely N-dealkylation sites (N-methyl/N-ethyl adjacent to an activating group) is 1. The van der Waals surface area contributed by atoms with Crippen molar-refractivity contribution in [3.63, 3.8) is 0 Å². The number of rotatable bonds is 10. The van der Waals surface area contributed by atoms with Crippen molar-refractivity contribution >= 4 is 11.6 Å². The number of amides is 1. The fourth-order valence-corrected chi connectivity index (χ4v) is 1.98. The third kappa shape index (κ3) is 6.16. The van der Waals surface area contributed by atoms with E-state index in [0.717, 1.165) is 44.8 Å². The maximum absolute atomic E-state index is 11.7. The molecule has 2 N–H and O–H groups in total. The van der Waals surface area contributed by atoms with Crippen LogP contribution in [0, 0.1) is 0 Å². The van der Waals surface area contributed by atoms with Crippen LogP contribution in [-0.4, -0.2) is 53.8 Å². The van der Waals surface area contributed by atoms with Gasteiger partial charge in [0.2, 0.25) is 5.91 Å². The molecule has 0 aliphatic heterocycles. The highest BCUT2D eigenvalue weighted by Gasteiger charge is 2.05. The van der Waals surface area contributed by atoms with Crippen LogP contribution in [0.15, 0.2) is 12.4 Å². The Morgan fingerprint density at radius 3 is 2.80 bits per heavy atom. The second-order valence-corrected chi connectivity index (χ2v) is 4.77. The van der Waals surface area contributed by atoms with Crippen molar-refractivity contribution in [1.29, 1.82) is 0 Å². The number of aromatic nitrogens is 2. The summed E-state index contributed by atoms with van der Waals surface area (Å²) in [7, 11) is 1.89. The summed E-state index contributed by atoms with van der Waals surface area (Å²) in [5.74, 6) is 0.0449. The van der Waals surface area contributed by atoms with Crippen LogP contribution in [0.25, 0.3) is 0 Å². The maximum atomic E-state index is 11.7. The van der Waals surface area contributed by atoms with E-state index in [-0.39, 0.29) is 5.91 Å². The molecule has 0 unspecified atom stereocenters. The van der Waals surface area contributed by atoms with Gasteiger partial charge in [0.1, 0.15) is 0 Å². The number of carbonyl (C=O) groups excluding carboxylic acids is 1. The van der Waals surface area contributed by atoms with Crippen LogP contribution in [0.5, 0.6) is 0 Å². The van der Waals surface area contributed by atoms with Crippen molar-refractivity contribution in [3.05, 3.63) is 12.4 Å². The minimum Gasteiger partial charge on any atom is -0.323 e. The van der Waals surface area contributed by atoms with E-state index in [1.165, 1.54) is 0 Å². The van der Waals surface area contributed by atoms with Gasteiger partial charge in [-0.05, 0) is 33.1 Å². The topological polar surface area (TPSA) is 62.2 Å². The summed E-state index contributed by atoms with van der Waals surface area (Å²) >= 11 is 0. The van der Waals surface area contributed by atoms with Gasteiger partial charge in [0.15, 0.2) is 0 Å². The number of nitrogens with zero attached hydrogens (tertiary/aromatic N) is 3. The highest BCUT2D eigenvalue weighted by atomic mass is 16.1. The Balaban J connectivity index is 2.33. The molecule has 0 saturated carbocycles. The zero-order valence-corrected chi connectivity index (χ0v) is 12.9. The first-order valence-electron chi connectivity index (χ1n) is 7.38. The molecule has 0 saturated heterocycles. The van der Waals surface area contributed by atoms with Gasteiger partial charge in [-0.1, -0.05) is 13.8 Å². The van der Waals surface area contributed by atoms with Gasteiger partial charge < -0.3 is 15.5 Å². The van der Waals surface area contributed by atoms with Crippen LogP contribution in [0.2, 0.25) is 0 Å². The number of anilines is 1. The highest BCUT2D eigenvalue weighted by molar-refractivity contribution is 5.90. The first kappa shape index (κ1) is 16.7. The average Bonchev–Trinajstić information content (AvgIpc) is 2.88. The van der Waals surface area contributed by atoms with Gasteiger partial charge in [-0.2, -0.15) is 5.10 Å². The summed E-state index contributed by atoms with van der Waals surface area (Å²) in [5, 5.41) is 10.2. The Hall–Kier alpha value is -1.40. The first-order chi connectivity index (χ1) is 9.69. The average molecular weight is 281 g/mol. The lowest BCUT2D eigenvalue weighted by molar-refractivity contribution is -0.116. The lowest BCUT2D eigenvalue weighted by Crippen LogP contribution is -2.27. The molecule has 0 spiro atoms. The van der Waals surface area contributed by atoms with Gasteiger partial charge in [-0.25, -0.2) is 0 Å². The number of nitrogens with one attached hydrogen (secondary N) is 2. The minimum absolute atomic E-state index is 0.0449. The molecule has 1 heterocycles. The molecule has 114 valence electrons. The number of hydrogen-bond donors (Lipinski definition) is 2. The lowest BCUT2D eigenvalue weighted by Gasteiger charge is -2.17. The smallest absolute Gasteiger partial charge is 0.224 e. The highest BCUT2D eigenvalue weighted by Crippen LogP contribution is 2.06.